The molecule has 0 saturated heterocycles. The minimum Gasteiger partial charge on any atom is -0.256 e. The summed E-state index contributed by atoms with van der Waals surface area (Å²) in [6.45, 7) is 4.31. The number of benzene rings is 2. The topological polar surface area (TPSA) is 12.9 Å². The molecule has 1 aromatic heterocycles. The van der Waals surface area contributed by atoms with E-state index in [1.807, 2.05) is 6.20 Å². The van der Waals surface area contributed by atoms with Gasteiger partial charge in [0.25, 0.3) is 0 Å². The van der Waals surface area contributed by atoms with Crippen LogP contribution in [0, 0.1) is 6.92 Å². The van der Waals surface area contributed by atoms with E-state index in [2.05, 4.69) is 79.5 Å². The van der Waals surface area contributed by atoms with Crippen molar-refractivity contribution in [1.29, 1.82) is 0 Å². The van der Waals surface area contributed by atoms with Crippen molar-refractivity contribution in [2.24, 2.45) is 0 Å². The lowest BCUT2D eigenvalue weighted by Crippen LogP contribution is -1.91. The Morgan fingerprint density at radius 3 is 2.62 bits per heavy atom. The molecule has 0 radical (unpaired) electrons. The maximum absolute atomic E-state index is 4.57. The molecule has 3 rings (SSSR count). The monoisotopic (exact) mass is 273 g/mol. The Morgan fingerprint density at radius 2 is 1.76 bits per heavy atom. The molecular formula is C20H19N. The molecule has 0 unspecified atom stereocenters. The minimum atomic E-state index is 0.948. The van der Waals surface area contributed by atoms with Crippen LogP contribution in [0.15, 0.2) is 66.9 Å². The van der Waals surface area contributed by atoms with Crippen molar-refractivity contribution in [3.63, 3.8) is 0 Å². The van der Waals surface area contributed by atoms with E-state index in [-0.39, 0.29) is 0 Å². The number of pyridine rings is 1. The van der Waals surface area contributed by atoms with Gasteiger partial charge in [0.1, 0.15) is 0 Å². The summed E-state index contributed by atoms with van der Waals surface area (Å²) in [7, 11) is 0. The SMILES string of the molecule is CC(=CCc1ccccc1C)c1nccc2ccccc12. The molecule has 1 nitrogen and oxygen atoms in total. The van der Waals surface area contributed by atoms with Crippen molar-refractivity contribution >= 4 is 16.3 Å². The van der Waals surface area contributed by atoms with Gasteiger partial charge in [-0.05, 0) is 48.4 Å². The average molecular weight is 273 g/mol. The Balaban J connectivity index is 1.95. The zero-order valence-corrected chi connectivity index (χ0v) is 12.5. The van der Waals surface area contributed by atoms with Crippen LogP contribution in [0.1, 0.15) is 23.7 Å². The number of hydrogen-bond acceptors (Lipinski definition) is 1. The maximum Gasteiger partial charge on any atom is 0.0734 e. The van der Waals surface area contributed by atoms with E-state index in [9.17, 15) is 0 Å². The zero-order valence-electron chi connectivity index (χ0n) is 12.5. The second-order valence-electron chi connectivity index (χ2n) is 5.40. The molecule has 0 saturated carbocycles. The molecule has 0 N–H and O–H groups in total. The maximum atomic E-state index is 4.57. The third kappa shape index (κ3) is 2.87. The van der Waals surface area contributed by atoms with Crippen LogP contribution in [0.25, 0.3) is 16.3 Å². The zero-order chi connectivity index (χ0) is 14.7. The summed E-state index contributed by atoms with van der Waals surface area (Å²) < 4.78 is 0. The first kappa shape index (κ1) is 13.6. The van der Waals surface area contributed by atoms with Crippen LogP contribution in [0.3, 0.4) is 0 Å². The first-order chi connectivity index (χ1) is 10.3. The number of fused-ring (bicyclic) bond motifs is 1. The molecule has 1 heterocycles. The fraction of sp³-hybridized carbons (Fsp3) is 0.150. The third-order valence-corrected chi connectivity index (χ3v) is 3.94. The van der Waals surface area contributed by atoms with Crippen molar-refractivity contribution in [1.82, 2.24) is 4.98 Å². The number of aromatic nitrogens is 1. The standard InChI is InChI=1S/C20H19N/c1-15-7-3-4-8-17(15)12-11-16(2)20-19-10-6-5-9-18(19)13-14-21-20/h3-11,13-14H,12H2,1-2H3. The van der Waals surface area contributed by atoms with Crippen LogP contribution in [0.4, 0.5) is 0 Å². The molecule has 104 valence electrons. The van der Waals surface area contributed by atoms with Crippen LogP contribution in [-0.2, 0) is 6.42 Å². The molecule has 21 heavy (non-hydrogen) atoms. The summed E-state index contributed by atoms with van der Waals surface area (Å²) in [4.78, 5) is 4.57. The highest BCUT2D eigenvalue weighted by Crippen LogP contribution is 2.23. The second kappa shape index (κ2) is 5.92. The number of nitrogens with zero attached hydrogens (tertiary/aromatic N) is 1. The fourth-order valence-corrected chi connectivity index (χ4v) is 2.63. The Hall–Kier alpha value is -2.41. The molecule has 2 aromatic carbocycles. The highest BCUT2D eigenvalue weighted by Gasteiger charge is 2.04. The molecule has 1 heteroatoms. The summed E-state index contributed by atoms with van der Waals surface area (Å²) >= 11 is 0. The van der Waals surface area contributed by atoms with Gasteiger partial charge in [0, 0.05) is 11.6 Å². The van der Waals surface area contributed by atoms with Gasteiger partial charge in [-0.1, -0.05) is 54.6 Å². The summed E-state index contributed by atoms with van der Waals surface area (Å²) in [5.74, 6) is 0. The lowest BCUT2D eigenvalue weighted by atomic mass is 10.0. The minimum absolute atomic E-state index is 0.948. The van der Waals surface area contributed by atoms with Gasteiger partial charge in [-0.25, -0.2) is 0 Å². The van der Waals surface area contributed by atoms with E-state index in [0.29, 0.717) is 0 Å². The van der Waals surface area contributed by atoms with Gasteiger partial charge in [-0.2, -0.15) is 0 Å². The van der Waals surface area contributed by atoms with Gasteiger partial charge in [-0.3, -0.25) is 4.98 Å². The number of aryl methyl sites for hydroxylation is 1. The molecule has 0 spiro atoms. The first-order valence-electron chi connectivity index (χ1n) is 7.31. The molecular weight excluding hydrogens is 254 g/mol. The molecule has 0 atom stereocenters. The summed E-state index contributed by atoms with van der Waals surface area (Å²) in [5.41, 5.74) is 5.03. The van der Waals surface area contributed by atoms with Crippen LogP contribution < -0.4 is 0 Å². The predicted octanol–water partition coefficient (Wildman–Crippen LogP) is 5.19. The quantitative estimate of drug-likeness (QED) is 0.640. The average Bonchev–Trinajstić information content (AvgIpc) is 2.53. The van der Waals surface area contributed by atoms with E-state index >= 15 is 0 Å². The highest BCUT2D eigenvalue weighted by atomic mass is 14.7. The van der Waals surface area contributed by atoms with E-state index in [1.54, 1.807) is 0 Å². The van der Waals surface area contributed by atoms with Crippen molar-refractivity contribution < 1.29 is 0 Å². The van der Waals surface area contributed by atoms with Crippen LogP contribution in [0.2, 0.25) is 0 Å². The second-order valence-corrected chi connectivity index (χ2v) is 5.40. The molecule has 0 fully saturated rings. The van der Waals surface area contributed by atoms with Crippen LogP contribution in [0.5, 0.6) is 0 Å². The van der Waals surface area contributed by atoms with Crippen molar-refractivity contribution in [2.75, 3.05) is 0 Å². The van der Waals surface area contributed by atoms with Gasteiger partial charge >= 0.3 is 0 Å². The predicted molar refractivity (Wildman–Crippen MR) is 90.3 cm³/mol. The summed E-state index contributed by atoms with van der Waals surface area (Å²) in [5, 5.41) is 2.46. The number of rotatable bonds is 3. The van der Waals surface area contributed by atoms with Crippen molar-refractivity contribution in [3.05, 3.63) is 83.7 Å². The molecule has 0 aliphatic rings. The van der Waals surface area contributed by atoms with Crippen LogP contribution >= 0.6 is 0 Å². The third-order valence-electron chi connectivity index (χ3n) is 3.94. The summed E-state index contributed by atoms with van der Waals surface area (Å²) in [6, 6.07) is 19.0. The molecule has 0 amide bonds. The van der Waals surface area contributed by atoms with Gasteiger partial charge in [-0.15, -0.1) is 0 Å². The van der Waals surface area contributed by atoms with Crippen molar-refractivity contribution in [3.8, 4) is 0 Å². The van der Waals surface area contributed by atoms with E-state index in [4.69, 9.17) is 0 Å². The summed E-state index contributed by atoms with van der Waals surface area (Å²) in [6.07, 6.45) is 5.11. The first-order valence-corrected chi connectivity index (χ1v) is 7.31. The molecule has 0 aliphatic carbocycles. The van der Waals surface area contributed by atoms with E-state index in [0.717, 1.165) is 12.1 Å². The Morgan fingerprint density at radius 1 is 1.00 bits per heavy atom. The highest BCUT2D eigenvalue weighted by molar-refractivity contribution is 5.91. The Labute approximate surface area is 126 Å². The number of hydrogen-bond donors (Lipinski definition) is 0. The lowest BCUT2D eigenvalue weighted by Gasteiger charge is -2.07. The molecule has 3 aromatic rings. The van der Waals surface area contributed by atoms with E-state index in [1.165, 1.54) is 27.5 Å². The Kier molecular flexibility index (Phi) is 3.83. The largest absolute Gasteiger partial charge is 0.256 e. The smallest absolute Gasteiger partial charge is 0.0734 e. The Bertz CT molecular complexity index is 794. The van der Waals surface area contributed by atoms with Gasteiger partial charge in [0.2, 0.25) is 0 Å². The fourth-order valence-electron chi connectivity index (χ4n) is 2.63. The molecule has 0 bridgehead atoms. The van der Waals surface area contributed by atoms with Gasteiger partial charge in [0.15, 0.2) is 0 Å². The lowest BCUT2D eigenvalue weighted by molar-refractivity contribution is 1.20. The van der Waals surface area contributed by atoms with Crippen LogP contribution in [-0.4, -0.2) is 4.98 Å². The van der Waals surface area contributed by atoms with Gasteiger partial charge < -0.3 is 0 Å². The molecule has 0 aliphatic heterocycles. The van der Waals surface area contributed by atoms with Crippen molar-refractivity contribution in [2.45, 2.75) is 20.3 Å². The van der Waals surface area contributed by atoms with E-state index < -0.39 is 0 Å². The number of allylic oxidation sites excluding steroid dienone is 2. The van der Waals surface area contributed by atoms with Gasteiger partial charge in [0.05, 0.1) is 5.69 Å². The normalized spacial score (nSPS) is 11.8.